The van der Waals surface area contributed by atoms with Gasteiger partial charge in [0.2, 0.25) is 0 Å². The molecule has 0 saturated carbocycles. The molecule has 0 aromatic heterocycles. The Labute approximate surface area is 104 Å². The van der Waals surface area contributed by atoms with E-state index in [2.05, 4.69) is 0 Å². The van der Waals surface area contributed by atoms with Gasteiger partial charge in [-0.3, -0.25) is 14.7 Å². The Balaban J connectivity index is 2.38. The Kier molecular flexibility index (Phi) is 3.04. The van der Waals surface area contributed by atoms with E-state index >= 15 is 0 Å². The smallest absolute Gasteiger partial charge is 0.272 e. The minimum atomic E-state index is -4.31. The Morgan fingerprint density at radius 1 is 1.67 bits per heavy atom. The van der Waals surface area contributed by atoms with Crippen LogP contribution in [0.2, 0.25) is 0 Å². The number of rotatable bonds is 4. The fraction of sp³-hybridized carbons (Fsp3) is 0.600. The molecule has 1 aliphatic heterocycles. The highest BCUT2D eigenvalue weighted by molar-refractivity contribution is 7.86. The molecule has 2 aliphatic rings. The summed E-state index contributed by atoms with van der Waals surface area (Å²) in [4.78, 5) is 10.2. The number of epoxide rings is 1. The van der Waals surface area contributed by atoms with E-state index in [1.165, 1.54) is 6.08 Å². The summed E-state index contributed by atoms with van der Waals surface area (Å²) >= 11 is 0. The zero-order chi connectivity index (χ0) is 13.6. The molecule has 1 saturated heterocycles. The zero-order valence-corrected chi connectivity index (χ0v) is 10.5. The second-order valence-corrected chi connectivity index (χ2v) is 6.32. The normalized spacial score (nSPS) is 35.1. The molecule has 2 unspecified atom stereocenters. The van der Waals surface area contributed by atoms with Gasteiger partial charge in [-0.25, -0.2) is 0 Å². The summed E-state index contributed by atoms with van der Waals surface area (Å²) in [5.74, 6) is 0. The van der Waals surface area contributed by atoms with E-state index in [4.69, 9.17) is 4.74 Å². The van der Waals surface area contributed by atoms with Crippen LogP contribution in [0, 0.1) is 15.5 Å². The van der Waals surface area contributed by atoms with Crippen molar-refractivity contribution < 1.29 is 22.6 Å². The van der Waals surface area contributed by atoms with E-state index in [-0.39, 0.29) is 11.8 Å². The van der Waals surface area contributed by atoms with Crippen LogP contribution in [0.5, 0.6) is 0 Å². The highest BCUT2D eigenvalue weighted by Gasteiger charge is 2.46. The summed E-state index contributed by atoms with van der Waals surface area (Å²) < 4.78 is 36.9. The van der Waals surface area contributed by atoms with E-state index in [9.17, 15) is 23.1 Å². The monoisotopic (exact) mass is 275 g/mol. The molecule has 0 spiro atoms. The summed E-state index contributed by atoms with van der Waals surface area (Å²) in [7, 11) is -4.31. The summed E-state index contributed by atoms with van der Waals surface area (Å²) in [5.41, 5.74) is -1.20. The largest absolute Gasteiger partial charge is 0.373 e. The Morgan fingerprint density at radius 3 is 2.72 bits per heavy atom. The van der Waals surface area contributed by atoms with Crippen molar-refractivity contribution in [3.05, 3.63) is 34.0 Å². The second-order valence-electron chi connectivity index (χ2n) is 4.79. The van der Waals surface area contributed by atoms with Gasteiger partial charge in [-0.1, -0.05) is 13.0 Å². The molecule has 8 heteroatoms. The Bertz CT molecular complexity index is 533. The van der Waals surface area contributed by atoms with Crippen molar-refractivity contribution in [2.45, 2.75) is 24.7 Å². The molecular formula is C10H13NO6S. The van der Waals surface area contributed by atoms with Crippen molar-refractivity contribution in [2.75, 3.05) is 6.61 Å². The second kappa shape index (κ2) is 4.15. The van der Waals surface area contributed by atoms with Crippen molar-refractivity contribution >= 4 is 10.1 Å². The SMILES string of the molecule is CC1(CC2CO2)C=C([N+](=O)[O-])C=C[C@@H]1S(=O)(=O)O. The third-order valence-electron chi connectivity index (χ3n) is 3.17. The first kappa shape index (κ1) is 13.2. The lowest BCUT2D eigenvalue weighted by atomic mass is 9.78. The lowest BCUT2D eigenvalue weighted by Crippen LogP contribution is -2.39. The van der Waals surface area contributed by atoms with Gasteiger partial charge in [0.05, 0.1) is 17.6 Å². The number of hydrogen-bond acceptors (Lipinski definition) is 5. The van der Waals surface area contributed by atoms with Gasteiger partial charge in [0.15, 0.2) is 0 Å². The van der Waals surface area contributed by atoms with E-state index in [1.807, 2.05) is 0 Å². The highest BCUT2D eigenvalue weighted by atomic mass is 32.2. The van der Waals surface area contributed by atoms with E-state index in [0.29, 0.717) is 13.0 Å². The lowest BCUT2D eigenvalue weighted by Gasteiger charge is -2.32. The van der Waals surface area contributed by atoms with Crippen molar-refractivity contribution in [3.63, 3.8) is 0 Å². The molecule has 1 aliphatic carbocycles. The highest BCUT2D eigenvalue weighted by Crippen LogP contribution is 2.41. The van der Waals surface area contributed by atoms with Crippen LogP contribution in [-0.4, -0.2) is 35.9 Å². The molecule has 7 nitrogen and oxygen atoms in total. The van der Waals surface area contributed by atoms with Crippen molar-refractivity contribution in [3.8, 4) is 0 Å². The van der Waals surface area contributed by atoms with Crippen LogP contribution in [0.25, 0.3) is 0 Å². The van der Waals surface area contributed by atoms with Gasteiger partial charge in [0, 0.05) is 17.6 Å². The number of ether oxygens (including phenoxy) is 1. The molecule has 0 aromatic carbocycles. The lowest BCUT2D eigenvalue weighted by molar-refractivity contribution is -0.420. The van der Waals surface area contributed by atoms with Crippen LogP contribution in [0.15, 0.2) is 23.9 Å². The first-order valence-corrected chi connectivity index (χ1v) is 6.86. The maximum Gasteiger partial charge on any atom is 0.272 e. The molecule has 0 radical (unpaired) electrons. The van der Waals surface area contributed by atoms with E-state index in [0.717, 1.165) is 12.2 Å². The summed E-state index contributed by atoms with van der Waals surface area (Å²) in [6.07, 6.45) is 3.77. The summed E-state index contributed by atoms with van der Waals surface area (Å²) in [6.45, 7) is 2.08. The molecule has 2 rings (SSSR count). The van der Waals surface area contributed by atoms with Gasteiger partial charge in [-0.2, -0.15) is 8.42 Å². The average molecular weight is 275 g/mol. The molecule has 18 heavy (non-hydrogen) atoms. The maximum absolute atomic E-state index is 11.3. The third kappa shape index (κ3) is 2.60. The van der Waals surface area contributed by atoms with Crippen LogP contribution in [0.4, 0.5) is 0 Å². The van der Waals surface area contributed by atoms with Crippen LogP contribution in [0.3, 0.4) is 0 Å². The van der Waals surface area contributed by atoms with Gasteiger partial charge >= 0.3 is 0 Å². The molecule has 0 amide bonds. The van der Waals surface area contributed by atoms with Crippen LogP contribution in [-0.2, 0) is 14.9 Å². The summed E-state index contributed by atoms with van der Waals surface area (Å²) in [6, 6.07) is 0. The zero-order valence-electron chi connectivity index (χ0n) is 9.64. The van der Waals surface area contributed by atoms with Crippen molar-refractivity contribution in [2.24, 2.45) is 5.41 Å². The molecule has 1 N–H and O–H groups in total. The first-order valence-electron chi connectivity index (χ1n) is 5.36. The standard InChI is InChI=1S/C10H13NO6S/c1-10(5-8-6-17-8)4-7(11(12)13)2-3-9(10)18(14,15)16/h2-4,8-9H,5-6H2,1H3,(H,14,15,16)/t8?,9-,10?/m0/s1. The number of allylic oxidation sites excluding steroid dienone is 2. The Hall–Kier alpha value is -1.25. The van der Waals surface area contributed by atoms with Gasteiger partial charge in [0.1, 0.15) is 5.25 Å². The van der Waals surface area contributed by atoms with E-state index < -0.39 is 25.7 Å². The number of hydrogen-bond donors (Lipinski definition) is 1. The molecule has 0 aromatic rings. The van der Waals surface area contributed by atoms with Gasteiger partial charge < -0.3 is 4.74 Å². The van der Waals surface area contributed by atoms with Crippen LogP contribution in [0.1, 0.15) is 13.3 Å². The first-order chi connectivity index (χ1) is 8.22. The van der Waals surface area contributed by atoms with Crippen molar-refractivity contribution in [1.29, 1.82) is 0 Å². The quantitative estimate of drug-likeness (QED) is 0.351. The maximum atomic E-state index is 11.3. The Morgan fingerprint density at radius 2 is 2.28 bits per heavy atom. The predicted octanol–water partition coefficient (Wildman–Crippen LogP) is 0.768. The van der Waals surface area contributed by atoms with Gasteiger partial charge in [-0.15, -0.1) is 0 Å². The number of nitro groups is 1. The van der Waals surface area contributed by atoms with Crippen LogP contribution < -0.4 is 0 Å². The van der Waals surface area contributed by atoms with Gasteiger partial charge in [0.25, 0.3) is 15.8 Å². The molecule has 1 fully saturated rings. The van der Waals surface area contributed by atoms with Crippen LogP contribution >= 0.6 is 0 Å². The van der Waals surface area contributed by atoms with Crippen molar-refractivity contribution in [1.82, 2.24) is 0 Å². The summed E-state index contributed by atoms with van der Waals surface area (Å²) in [5, 5.41) is 9.56. The predicted molar refractivity (Wildman–Crippen MR) is 62.0 cm³/mol. The minimum Gasteiger partial charge on any atom is -0.373 e. The van der Waals surface area contributed by atoms with E-state index in [1.54, 1.807) is 6.92 Å². The molecular weight excluding hydrogens is 262 g/mol. The third-order valence-corrected chi connectivity index (χ3v) is 4.51. The van der Waals surface area contributed by atoms with Gasteiger partial charge in [-0.05, 0) is 6.42 Å². The fourth-order valence-electron chi connectivity index (χ4n) is 2.28. The molecule has 0 bridgehead atoms. The molecule has 100 valence electrons. The topological polar surface area (TPSA) is 110 Å². The minimum absolute atomic E-state index is 0.102. The average Bonchev–Trinajstić information content (AvgIpc) is 2.98. The number of nitrogens with zero attached hydrogens (tertiary/aromatic N) is 1. The molecule has 1 heterocycles. The molecule has 3 atom stereocenters. The fourth-order valence-corrected chi connectivity index (χ4v) is 3.40.